The molecule has 0 saturated carbocycles. The third kappa shape index (κ3) is 0.792. The van der Waals surface area contributed by atoms with Crippen molar-refractivity contribution >= 4 is 16.9 Å². The molecule has 0 radical (unpaired) electrons. The van der Waals surface area contributed by atoms with Crippen molar-refractivity contribution in [3.8, 4) is 0 Å². The Labute approximate surface area is 72.3 Å². The van der Waals surface area contributed by atoms with Crippen LogP contribution in [0, 0.1) is 0 Å². The minimum Gasteiger partial charge on any atom is -0.261 e. The smallest absolute Gasteiger partial charge is 0.196 e. The Kier molecular flexibility index (Phi) is 1.08. The Morgan fingerprint density at radius 1 is 1.08 bits per heavy atom. The molecule has 0 fully saturated rings. The fourth-order valence-corrected chi connectivity index (χ4v) is 1.20. The standard InChI is InChI=1S/C7H4N6/c1-2-9-7-6(8-1)10-3-5-12-11-4-13(5)7/h1-4H. The molecule has 6 nitrogen and oxygen atoms in total. The zero-order valence-corrected chi connectivity index (χ0v) is 6.49. The minimum absolute atomic E-state index is 0.592. The van der Waals surface area contributed by atoms with Gasteiger partial charge in [0.2, 0.25) is 0 Å². The number of rotatable bonds is 0. The first-order valence-electron chi connectivity index (χ1n) is 3.70. The minimum atomic E-state index is 0.592. The van der Waals surface area contributed by atoms with Gasteiger partial charge in [0.15, 0.2) is 16.9 Å². The van der Waals surface area contributed by atoms with Crippen LogP contribution >= 0.6 is 0 Å². The summed E-state index contributed by atoms with van der Waals surface area (Å²) in [6, 6.07) is 0. The molecule has 0 aromatic carbocycles. The first-order valence-corrected chi connectivity index (χ1v) is 3.70. The first kappa shape index (κ1) is 6.41. The van der Waals surface area contributed by atoms with Crippen molar-refractivity contribution in [2.24, 2.45) is 0 Å². The summed E-state index contributed by atoms with van der Waals surface area (Å²) in [4.78, 5) is 12.3. The van der Waals surface area contributed by atoms with E-state index < -0.39 is 0 Å². The van der Waals surface area contributed by atoms with Crippen molar-refractivity contribution < 1.29 is 0 Å². The summed E-state index contributed by atoms with van der Waals surface area (Å²) in [6.07, 6.45) is 6.42. The van der Waals surface area contributed by atoms with Gasteiger partial charge in [-0.25, -0.2) is 15.0 Å². The van der Waals surface area contributed by atoms with E-state index in [1.54, 1.807) is 29.3 Å². The second kappa shape index (κ2) is 2.19. The van der Waals surface area contributed by atoms with E-state index in [0.717, 1.165) is 0 Å². The molecule has 13 heavy (non-hydrogen) atoms. The van der Waals surface area contributed by atoms with Gasteiger partial charge in [-0.2, -0.15) is 0 Å². The highest BCUT2D eigenvalue weighted by Gasteiger charge is 2.02. The van der Waals surface area contributed by atoms with E-state index in [1.165, 1.54) is 0 Å². The van der Waals surface area contributed by atoms with Crippen molar-refractivity contribution in [1.29, 1.82) is 0 Å². The molecule has 0 aliphatic rings. The maximum atomic E-state index is 4.14. The maximum absolute atomic E-state index is 4.14. The van der Waals surface area contributed by atoms with E-state index in [2.05, 4.69) is 25.1 Å². The molecular weight excluding hydrogens is 168 g/mol. The zero-order valence-electron chi connectivity index (χ0n) is 6.49. The van der Waals surface area contributed by atoms with E-state index in [4.69, 9.17) is 0 Å². The molecule has 3 heterocycles. The third-order valence-electron chi connectivity index (χ3n) is 1.76. The van der Waals surface area contributed by atoms with Crippen molar-refractivity contribution in [1.82, 2.24) is 29.5 Å². The molecule has 0 aliphatic heterocycles. The molecule has 6 heteroatoms. The molecule has 0 bridgehead atoms. The SMILES string of the molecule is c1cnc2c(n1)ncc1nncn12. The topological polar surface area (TPSA) is 68.9 Å². The molecule has 0 atom stereocenters. The van der Waals surface area contributed by atoms with Crippen molar-refractivity contribution in [3.05, 3.63) is 24.9 Å². The van der Waals surface area contributed by atoms with Gasteiger partial charge in [-0.05, 0) is 0 Å². The van der Waals surface area contributed by atoms with E-state index in [1.807, 2.05) is 0 Å². The van der Waals surface area contributed by atoms with Crippen molar-refractivity contribution in [2.75, 3.05) is 0 Å². The second-order valence-electron chi connectivity index (χ2n) is 2.52. The van der Waals surface area contributed by atoms with Gasteiger partial charge in [-0.15, -0.1) is 10.2 Å². The van der Waals surface area contributed by atoms with Crippen molar-refractivity contribution in [3.63, 3.8) is 0 Å². The van der Waals surface area contributed by atoms with Crippen LogP contribution < -0.4 is 0 Å². The van der Waals surface area contributed by atoms with Gasteiger partial charge < -0.3 is 0 Å². The number of aromatic nitrogens is 6. The lowest BCUT2D eigenvalue weighted by Gasteiger charge is -1.95. The molecule has 3 aromatic rings. The van der Waals surface area contributed by atoms with Gasteiger partial charge in [-0.1, -0.05) is 0 Å². The Morgan fingerprint density at radius 2 is 2.00 bits per heavy atom. The van der Waals surface area contributed by atoms with Crippen LogP contribution in [0.4, 0.5) is 0 Å². The van der Waals surface area contributed by atoms with Crippen LogP contribution in [0.3, 0.4) is 0 Å². The Hall–Kier alpha value is -2.11. The molecule has 0 spiro atoms. The first-order chi connectivity index (χ1) is 6.45. The summed E-state index contributed by atoms with van der Waals surface area (Å²) >= 11 is 0. The summed E-state index contributed by atoms with van der Waals surface area (Å²) in [5.41, 5.74) is 1.94. The lowest BCUT2D eigenvalue weighted by molar-refractivity contribution is 1.10. The van der Waals surface area contributed by atoms with Gasteiger partial charge in [0.05, 0.1) is 6.20 Å². The highest BCUT2D eigenvalue weighted by molar-refractivity contribution is 5.67. The third-order valence-corrected chi connectivity index (χ3v) is 1.76. The van der Waals surface area contributed by atoms with E-state index in [-0.39, 0.29) is 0 Å². The molecule has 3 aromatic heterocycles. The molecule has 62 valence electrons. The lowest BCUT2D eigenvalue weighted by Crippen LogP contribution is -1.94. The summed E-state index contributed by atoms with van der Waals surface area (Å²) in [6.45, 7) is 0. The van der Waals surface area contributed by atoms with Gasteiger partial charge in [0.1, 0.15) is 6.33 Å². The normalized spacial score (nSPS) is 11.1. The van der Waals surface area contributed by atoms with Gasteiger partial charge >= 0.3 is 0 Å². The number of nitrogens with zero attached hydrogens (tertiary/aromatic N) is 6. The van der Waals surface area contributed by atoms with Crippen LogP contribution in [0.25, 0.3) is 16.9 Å². The number of fused-ring (bicyclic) bond motifs is 3. The zero-order chi connectivity index (χ0) is 8.67. The van der Waals surface area contributed by atoms with Crippen LogP contribution in [0.15, 0.2) is 24.9 Å². The second-order valence-corrected chi connectivity index (χ2v) is 2.52. The fourth-order valence-electron chi connectivity index (χ4n) is 1.20. The number of hydrogen-bond donors (Lipinski definition) is 0. The molecule has 0 N–H and O–H groups in total. The van der Waals surface area contributed by atoms with E-state index >= 15 is 0 Å². The Morgan fingerprint density at radius 3 is 3.00 bits per heavy atom. The van der Waals surface area contributed by atoms with Crippen LogP contribution in [0.1, 0.15) is 0 Å². The average Bonchev–Trinajstić information content (AvgIpc) is 2.65. The Bertz CT molecular complexity index is 571. The van der Waals surface area contributed by atoms with Crippen LogP contribution in [-0.4, -0.2) is 29.5 Å². The molecule has 0 amide bonds. The maximum Gasteiger partial charge on any atom is 0.196 e. The largest absolute Gasteiger partial charge is 0.261 e. The monoisotopic (exact) mass is 172 g/mol. The van der Waals surface area contributed by atoms with Crippen molar-refractivity contribution in [2.45, 2.75) is 0 Å². The fraction of sp³-hybridized carbons (Fsp3) is 0. The molecule has 0 saturated heterocycles. The predicted octanol–water partition coefficient (Wildman–Crippen LogP) is 0.0675. The molecule has 0 unspecified atom stereocenters. The summed E-state index contributed by atoms with van der Waals surface area (Å²) in [5, 5.41) is 7.61. The van der Waals surface area contributed by atoms with E-state index in [9.17, 15) is 0 Å². The Balaban J connectivity index is 2.65. The molecule has 0 aliphatic carbocycles. The summed E-state index contributed by atoms with van der Waals surface area (Å²) in [5.74, 6) is 0. The summed E-state index contributed by atoms with van der Waals surface area (Å²) < 4.78 is 1.75. The quantitative estimate of drug-likeness (QED) is 0.480. The molecule has 3 rings (SSSR count). The van der Waals surface area contributed by atoms with Crippen LogP contribution in [0.5, 0.6) is 0 Å². The lowest BCUT2D eigenvalue weighted by atomic mass is 10.6. The van der Waals surface area contributed by atoms with E-state index in [0.29, 0.717) is 16.9 Å². The van der Waals surface area contributed by atoms with Gasteiger partial charge in [-0.3, -0.25) is 4.40 Å². The highest BCUT2D eigenvalue weighted by atomic mass is 15.2. The highest BCUT2D eigenvalue weighted by Crippen LogP contribution is 2.05. The van der Waals surface area contributed by atoms with Crippen LogP contribution in [0.2, 0.25) is 0 Å². The average molecular weight is 172 g/mol. The molecular formula is C7H4N6. The van der Waals surface area contributed by atoms with Gasteiger partial charge in [0.25, 0.3) is 0 Å². The predicted molar refractivity (Wildman–Crippen MR) is 43.9 cm³/mol. The van der Waals surface area contributed by atoms with Gasteiger partial charge in [0, 0.05) is 12.4 Å². The summed E-state index contributed by atoms with van der Waals surface area (Å²) in [7, 11) is 0. The van der Waals surface area contributed by atoms with Crippen LogP contribution in [-0.2, 0) is 0 Å². The number of hydrogen-bond acceptors (Lipinski definition) is 5.